The van der Waals surface area contributed by atoms with E-state index < -0.39 is 0 Å². The Kier molecular flexibility index (Phi) is 4.61. The molecule has 102 valence electrons. The van der Waals surface area contributed by atoms with Gasteiger partial charge in [0.2, 0.25) is 5.88 Å². The topological polar surface area (TPSA) is 64.1 Å². The highest BCUT2D eigenvalue weighted by Crippen LogP contribution is 2.24. The van der Waals surface area contributed by atoms with Gasteiger partial charge in [0, 0.05) is 11.4 Å². The summed E-state index contributed by atoms with van der Waals surface area (Å²) in [6.45, 7) is 0. The predicted molar refractivity (Wildman–Crippen MR) is 80.6 cm³/mol. The molecular weight excluding hydrogens is 294 g/mol. The molecule has 0 aliphatic heterocycles. The fourth-order valence-electron chi connectivity index (χ4n) is 1.43. The van der Waals surface area contributed by atoms with Crippen molar-refractivity contribution >= 4 is 34.8 Å². The van der Waals surface area contributed by atoms with Crippen LogP contribution < -0.4 is 10.1 Å². The summed E-state index contributed by atoms with van der Waals surface area (Å²) in [4.78, 5) is 12.0. The summed E-state index contributed by atoms with van der Waals surface area (Å²) in [6, 6.07) is 3.37. The van der Waals surface area contributed by atoms with Gasteiger partial charge in [-0.15, -0.1) is 39.7 Å². The van der Waals surface area contributed by atoms with E-state index in [1.54, 1.807) is 23.2 Å². The van der Waals surface area contributed by atoms with E-state index in [1.165, 1.54) is 18.4 Å². The third-order valence-corrected chi connectivity index (χ3v) is 4.42. The van der Waals surface area contributed by atoms with Crippen molar-refractivity contribution in [3.63, 3.8) is 0 Å². The number of aromatic nitrogens is 2. The zero-order chi connectivity index (χ0) is 14.5. The summed E-state index contributed by atoms with van der Waals surface area (Å²) in [7, 11) is 1.46. The minimum Gasteiger partial charge on any atom is -0.479 e. The van der Waals surface area contributed by atoms with Gasteiger partial charge in [-0.05, 0) is 12.3 Å². The fourth-order valence-corrected chi connectivity index (χ4v) is 2.81. The van der Waals surface area contributed by atoms with Gasteiger partial charge in [0.25, 0.3) is 5.91 Å². The maximum atomic E-state index is 12.0. The average molecular weight is 305 g/mol. The number of amides is 1. The van der Waals surface area contributed by atoms with Gasteiger partial charge in [0.1, 0.15) is 0 Å². The second kappa shape index (κ2) is 6.41. The number of rotatable bonds is 4. The zero-order valence-corrected chi connectivity index (χ0v) is 12.5. The Labute approximate surface area is 124 Å². The van der Waals surface area contributed by atoms with Crippen LogP contribution in [-0.2, 0) is 0 Å². The van der Waals surface area contributed by atoms with Crippen LogP contribution in [0.15, 0.2) is 21.7 Å². The normalized spacial score (nSPS) is 9.85. The number of thioether (sulfide) groups is 1. The Balaban J connectivity index is 2.17. The van der Waals surface area contributed by atoms with E-state index in [-0.39, 0.29) is 11.8 Å². The summed E-state index contributed by atoms with van der Waals surface area (Å²) in [5.41, 5.74) is 1.02. The first-order valence-corrected chi connectivity index (χ1v) is 7.60. The summed E-state index contributed by atoms with van der Waals surface area (Å²) in [5.74, 6) is 2.73. The second-order valence-electron chi connectivity index (χ2n) is 3.61. The number of nitrogens with one attached hydrogen (secondary N) is 1. The van der Waals surface area contributed by atoms with Gasteiger partial charge in [0.15, 0.2) is 5.82 Å². The number of carbonyl (C=O) groups is 1. The SMILES string of the molecule is C#Cc1cc(NC(=O)c2csc(SC)c2)nnc1OC. The number of ether oxygens (including phenoxy) is 1. The average Bonchev–Trinajstić information content (AvgIpc) is 2.96. The Hall–Kier alpha value is -2.04. The molecule has 0 unspecified atom stereocenters. The molecule has 2 rings (SSSR count). The van der Waals surface area contributed by atoms with E-state index in [4.69, 9.17) is 11.2 Å². The first-order valence-electron chi connectivity index (χ1n) is 5.50. The van der Waals surface area contributed by atoms with Gasteiger partial charge >= 0.3 is 0 Å². The van der Waals surface area contributed by atoms with Crippen LogP contribution in [0.3, 0.4) is 0 Å². The highest BCUT2D eigenvalue weighted by Gasteiger charge is 2.11. The molecule has 0 aliphatic carbocycles. The van der Waals surface area contributed by atoms with E-state index in [9.17, 15) is 4.79 Å². The number of terminal acetylenes is 1. The molecule has 0 saturated heterocycles. The maximum absolute atomic E-state index is 12.0. The third kappa shape index (κ3) is 3.10. The van der Waals surface area contributed by atoms with Crippen LogP contribution in [0.1, 0.15) is 15.9 Å². The molecule has 0 fully saturated rings. The van der Waals surface area contributed by atoms with E-state index in [1.807, 2.05) is 12.3 Å². The molecule has 1 amide bonds. The van der Waals surface area contributed by atoms with Crippen LogP contribution >= 0.6 is 23.1 Å². The molecule has 0 bridgehead atoms. The lowest BCUT2D eigenvalue weighted by Gasteiger charge is -2.05. The lowest BCUT2D eigenvalue weighted by atomic mass is 10.3. The van der Waals surface area contributed by atoms with E-state index in [0.717, 1.165) is 4.21 Å². The van der Waals surface area contributed by atoms with Crippen LogP contribution in [0.4, 0.5) is 5.82 Å². The molecule has 20 heavy (non-hydrogen) atoms. The Morgan fingerprint density at radius 2 is 2.30 bits per heavy atom. The summed E-state index contributed by atoms with van der Waals surface area (Å²) >= 11 is 3.11. The number of methoxy groups -OCH3 is 1. The molecule has 2 aromatic rings. The predicted octanol–water partition coefficient (Wildman–Crippen LogP) is 2.50. The third-order valence-electron chi connectivity index (χ3n) is 2.39. The monoisotopic (exact) mass is 305 g/mol. The lowest BCUT2D eigenvalue weighted by molar-refractivity contribution is 0.102. The van der Waals surface area contributed by atoms with Crippen molar-refractivity contribution in [2.24, 2.45) is 0 Å². The first-order chi connectivity index (χ1) is 9.67. The molecule has 5 nitrogen and oxygen atoms in total. The molecule has 0 atom stereocenters. The van der Waals surface area contributed by atoms with E-state index in [0.29, 0.717) is 16.9 Å². The molecule has 7 heteroatoms. The quantitative estimate of drug-likeness (QED) is 0.694. The standard InChI is InChI=1S/C13H11N3O2S2/c1-4-8-5-10(15-16-13(8)18-2)14-12(17)9-6-11(19-3)20-7-9/h1,5-7H,2-3H3,(H,14,15,17). The largest absolute Gasteiger partial charge is 0.479 e. The van der Waals surface area contributed by atoms with Gasteiger partial charge < -0.3 is 10.1 Å². The number of hydrogen-bond acceptors (Lipinski definition) is 6. The van der Waals surface area contributed by atoms with Gasteiger partial charge in [-0.25, -0.2) is 0 Å². The second-order valence-corrected chi connectivity index (χ2v) is 5.63. The minimum absolute atomic E-state index is 0.246. The van der Waals surface area contributed by atoms with Gasteiger partial charge in [-0.2, -0.15) is 0 Å². The van der Waals surface area contributed by atoms with Crippen molar-refractivity contribution in [3.05, 3.63) is 28.6 Å². The molecular formula is C13H11N3O2S2. The van der Waals surface area contributed by atoms with Crippen LogP contribution in [-0.4, -0.2) is 29.5 Å². The molecule has 0 aliphatic rings. The van der Waals surface area contributed by atoms with E-state index >= 15 is 0 Å². The Bertz CT molecular complexity index is 676. The van der Waals surface area contributed by atoms with Crippen LogP contribution in [0.25, 0.3) is 0 Å². The number of hydrogen-bond donors (Lipinski definition) is 1. The van der Waals surface area contributed by atoms with Crippen molar-refractivity contribution < 1.29 is 9.53 Å². The summed E-state index contributed by atoms with van der Waals surface area (Å²) in [5, 5.41) is 12.1. The molecule has 2 aromatic heterocycles. The minimum atomic E-state index is -0.246. The van der Waals surface area contributed by atoms with Crippen molar-refractivity contribution in [1.82, 2.24) is 10.2 Å². The van der Waals surface area contributed by atoms with Crippen LogP contribution in [0.2, 0.25) is 0 Å². The molecule has 2 heterocycles. The van der Waals surface area contributed by atoms with Crippen LogP contribution in [0.5, 0.6) is 5.88 Å². The smallest absolute Gasteiger partial charge is 0.257 e. The molecule has 0 aromatic carbocycles. The number of carbonyl (C=O) groups excluding carboxylic acids is 1. The number of nitrogens with zero attached hydrogens (tertiary/aromatic N) is 2. The van der Waals surface area contributed by atoms with Gasteiger partial charge in [0.05, 0.1) is 22.4 Å². The molecule has 1 N–H and O–H groups in total. The zero-order valence-electron chi connectivity index (χ0n) is 10.8. The van der Waals surface area contributed by atoms with Crippen molar-refractivity contribution in [2.75, 3.05) is 18.7 Å². The van der Waals surface area contributed by atoms with Gasteiger partial charge in [-0.1, -0.05) is 5.92 Å². The molecule has 0 spiro atoms. The first kappa shape index (κ1) is 14.4. The van der Waals surface area contributed by atoms with Crippen molar-refractivity contribution in [1.29, 1.82) is 0 Å². The number of anilines is 1. The molecule has 0 radical (unpaired) electrons. The summed E-state index contributed by atoms with van der Waals surface area (Å²) in [6.07, 6.45) is 7.31. The Morgan fingerprint density at radius 3 is 2.90 bits per heavy atom. The number of thiophene rings is 1. The fraction of sp³-hybridized carbons (Fsp3) is 0.154. The van der Waals surface area contributed by atoms with Gasteiger partial charge in [-0.3, -0.25) is 4.79 Å². The lowest BCUT2D eigenvalue weighted by Crippen LogP contribution is -2.13. The summed E-state index contributed by atoms with van der Waals surface area (Å²) < 4.78 is 6.04. The highest BCUT2D eigenvalue weighted by atomic mass is 32.2. The van der Waals surface area contributed by atoms with Crippen molar-refractivity contribution in [2.45, 2.75) is 4.21 Å². The Morgan fingerprint density at radius 1 is 1.50 bits per heavy atom. The van der Waals surface area contributed by atoms with Crippen molar-refractivity contribution in [3.8, 4) is 18.2 Å². The van der Waals surface area contributed by atoms with E-state index in [2.05, 4.69) is 21.4 Å². The maximum Gasteiger partial charge on any atom is 0.257 e. The van der Waals surface area contributed by atoms with Crippen LogP contribution in [0, 0.1) is 12.3 Å². The highest BCUT2D eigenvalue weighted by molar-refractivity contribution is 8.00. The molecule has 0 saturated carbocycles.